The number of carbonyl (C=O) groups is 3. The minimum Gasteiger partial charge on any atom is -0.458 e. The van der Waals surface area contributed by atoms with Gasteiger partial charge in [-0.25, -0.2) is 8.78 Å². The van der Waals surface area contributed by atoms with E-state index in [1.807, 2.05) is 6.92 Å². The molecule has 3 fully saturated rings. The summed E-state index contributed by atoms with van der Waals surface area (Å²) in [7, 11) is 0. The van der Waals surface area contributed by atoms with Crippen LogP contribution in [0.15, 0.2) is 23.8 Å². The average molecular weight is 436 g/mol. The Bertz CT molecular complexity index is 881. The fourth-order valence-electron chi connectivity index (χ4n) is 7.08. The molecule has 1 N–H and O–H groups in total. The molecule has 0 radical (unpaired) electrons. The Labute approximate surface area is 180 Å². The van der Waals surface area contributed by atoms with Gasteiger partial charge in [-0.15, -0.1) is 0 Å². The molecule has 0 aliphatic heterocycles. The van der Waals surface area contributed by atoms with Crippen LogP contribution in [0.25, 0.3) is 0 Å². The zero-order chi connectivity index (χ0) is 22.8. The van der Waals surface area contributed by atoms with Gasteiger partial charge >= 0.3 is 5.97 Å². The first-order chi connectivity index (χ1) is 14.5. The van der Waals surface area contributed by atoms with Crippen LogP contribution in [-0.2, 0) is 19.1 Å². The maximum Gasteiger partial charge on any atom is 0.305 e. The predicted octanol–water partition coefficient (Wildman–Crippen LogP) is 3.44. The number of ketones is 2. The van der Waals surface area contributed by atoms with E-state index in [-0.39, 0.29) is 48.9 Å². The number of hydrogen-bond donors (Lipinski definition) is 1. The molecule has 7 heteroatoms. The van der Waals surface area contributed by atoms with E-state index in [1.165, 1.54) is 18.2 Å². The molecule has 31 heavy (non-hydrogen) atoms. The third-order valence-corrected chi connectivity index (χ3v) is 8.68. The number of aliphatic hydroxyl groups excluding tert-OH is 1. The molecule has 1 unspecified atom stereocenters. The van der Waals surface area contributed by atoms with Crippen molar-refractivity contribution in [3.05, 3.63) is 23.8 Å². The van der Waals surface area contributed by atoms with Gasteiger partial charge in [-0.3, -0.25) is 14.4 Å². The second-order valence-electron chi connectivity index (χ2n) is 10.1. The molecular weight excluding hydrogens is 406 g/mol. The molecular formula is C24H30F2O5. The highest BCUT2D eigenvalue weighted by Crippen LogP contribution is 2.69. The normalized spacial score (nSPS) is 45.9. The average Bonchev–Trinajstić information content (AvgIpc) is 3.06. The van der Waals surface area contributed by atoms with Crippen molar-refractivity contribution >= 4 is 17.5 Å². The zero-order valence-corrected chi connectivity index (χ0v) is 18.2. The number of carbonyl (C=O) groups excluding carboxylic acids is 3. The van der Waals surface area contributed by atoms with Gasteiger partial charge < -0.3 is 9.84 Å². The zero-order valence-electron chi connectivity index (χ0n) is 18.2. The van der Waals surface area contributed by atoms with Crippen molar-refractivity contribution in [2.45, 2.75) is 70.8 Å². The molecule has 0 aromatic carbocycles. The summed E-state index contributed by atoms with van der Waals surface area (Å²) in [4.78, 5) is 36.2. The van der Waals surface area contributed by atoms with Crippen molar-refractivity contribution in [3.63, 3.8) is 0 Å². The first kappa shape index (κ1) is 22.3. The Morgan fingerprint density at radius 1 is 1.26 bits per heavy atom. The van der Waals surface area contributed by atoms with E-state index in [1.54, 1.807) is 13.8 Å². The van der Waals surface area contributed by atoms with E-state index in [0.29, 0.717) is 12.8 Å². The molecule has 0 aromatic rings. The molecule has 5 nitrogen and oxygen atoms in total. The SMILES string of the molecule is CCC(=O)OCC(=O)[C@H]1CCC2[C@@H]3C[C@H](F)C4=CC(=O)C=C[C@]4(C)[C@@]3(F)[C@@H](O)C[C@@]21C. The van der Waals surface area contributed by atoms with Crippen molar-refractivity contribution < 1.29 is 33.0 Å². The van der Waals surface area contributed by atoms with Crippen LogP contribution in [0.4, 0.5) is 8.78 Å². The Balaban J connectivity index is 1.67. The molecule has 4 rings (SSSR count). The first-order valence-corrected chi connectivity index (χ1v) is 11.1. The second kappa shape index (κ2) is 7.32. The molecule has 0 spiro atoms. The fraction of sp³-hybridized carbons (Fsp3) is 0.708. The first-order valence-electron chi connectivity index (χ1n) is 11.1. The smallest absolute Gasteiger partial charge is 0.305 e. The lowest BCUT2D eigenvalue weighted by atomic mass is 9.45. The fourth-order valence-corrected chi connectivity index (χ4v) is 7.08. The lowest BCUT2D eigenvalue weighted by Crippen LogP contribution is -2.68. The molecule has 0 aromatic heterocycles. The highest BCUT2D eigenvalue weighted by atomic mass is 19.1. The Hall–Kier alpha value is -1.89. The van der Waals surface area contributed by atoms with E-state index in [4.69, 9.17) is 4.74 Å². The minimum atomic E-state index is -2.13. The number of aliphatic hydroxyl groups is 1. The molecule has 3 saturated carbocycles. The van der Waals surface area contributed by atoms with Gasteiger partial charge in [0, 0.05) is 23.7 Å². The van der Waals surface area contributed by atoms with Crippen LogP contribution in [0.5, 0.6) is 0 Å². The summed E-state index contributed by atoms with van der Waals surface area (Å²) < 4.78 is 37.2. The van der Waals surface area contributed by atoms with Crippen molar-refractivity contribution in [3.8, 4) is 0 Å². The van der Waals surface area contributed by atoms with Gasteiger partial charge in [0.25, 0.3) is 0 Å². The summed E-state index contributed by atoms with van der Waals surface area (Å²) in [5, 5.41) is 11.1. The largest absolute Gasteiger partial charge is 0.458 e. The lowest BCUT2D eigenvalue weighted by molar-refractivity contribution is -0.202. The molecule has 0 saturated heterocycles. The topological polar surface area (TPSA) is 80.7 Å². The van der Waals surface area contributed by atoms with Gasteiger partial charge in [-0.1, -0.05) is 19.9 Å². The maximum atomic E-state index is 16.9. The quantitative estimate of drug-likeness (QED) is 0.683. The van der Waals surface area contributed by atoms with Gasteiger partial charge in [0.05, 0.1) is 6.10 Å². The third kappa shape index (κ3) is 2.99. The Morgan fingerprint density at radius 3 is 2.65 bits per heavy atom. The predicted molar refractivity (Wildman–Crippen MR) is 108 cm³/mol. The molecule has 4 aliphatic rings. The van der Waals surface area contributed by atoms with Crippen LogP contribution >= 0.6 is 0 Å². The van der Waals surface area contributed by atoms with Crippen molar-refractivity contribution in [1.82, 2.24) is 0 Å². The number of alkyl halides is 2. The van der Waals surface area contributed by atoms with Crippen LogP contribution in [0.3, 0.4) is 0 Å². The number of ether oxygens (including phenoxy) is 1. The number of esters is 1. The number of rotatable bonds is 4. The highest BCUT2D eigenvalue weighted by molar-refractivity contribution is 6.01. The Morgan fingerprint density at radius 2 is 1.97 bits per heavy atom. The van der Waals surface area contributed by atoms with Crippen molar-refractivity contribution in [1.29, 1.82) is 0 Å². The van der Waals surface area contributed by atoms with E-state index in [0.717, 1.165) is 0 Å². The van der Waals surface area contributed by atoms with Crippen LogP contribution < -0.4 is 0 Å². The number of fused-ring (bicyclic) bond motifs is 5. The number of halogens is 2. The maximum absolute atomic E-state index is 16.9. The van der Waals surface area contributed by atoms with Gasteiger partial charge in [-0.2, -0.15) is 0 Å². The molecule has 0 amide bonds. The Kier molecular flexibility index (Phi) is 5.27. The molecule has 0 bridgehead atoms. The van der Waals surface area contributed by atoms with Crippen LogP contribution in [0.2, 0.25) is 0 Å². The minimum absolute atomic E-state index is 0.0599. The molecule has 170 valence electrons. The molecule has 8 atom stereocenters. The summed E-state index contributed by atoms with van der Waals surface area (Å²) in [5.41, 5.74) is -4.16. The van der Waals surface area contributed by atoms with Gasteiger partial charge in [0.15, 0.2) is 17.2 Å². The van der Waals surface area contributed by atoms with E-state index >= 15 is 8.78 Å². The van der Waals surface area contributed by atoms with Gasteiger partial charge in [0.2, 0.25) is 0 Å². The third-order valence-electron chi connectivity index (χ3n) is 8.68. The monoisotopic (exact) mass is 436 g/mol. The summed E-state index contributed by atoms with van der Waals surface area (Å²) >= 11 is 0. The number of Topliss-reactive ketones (excluding diaryl/α,β-unsaturated/α-hetero) is 1. The molecule has 4 aliphatic carbocycles. The lowest BCUT2D eigenvalue weighted by Gasteiger charge is -2.62. The van der Waals surface area contributed by atoms with Crippen molar-refractivity contribution in [2.24, 2.45) is 28.6 Å². The van der Waals surface area contributed by atoms with Crippen LogP contribution in [0, 0.1) is 28.6 Å². The van der Waals surface area contributed by atoms with E-state index in [2.05, 4.69) is 0 Å². The summed E-state index contributed by atoms with van der Waals surface area (Å²) in [5.74, 6) is -2.62. The standard InChI is InChI=1S/C24H30F2O5/c1-4-21(30)31-12-19(28)15-6-5-14-16-10-18(25)17-9-13(27)7-8-23(17,3)24(16,26)20(29)11-22(14,15)2/h7-9,14-16,18,20,29H,4-6,10-12H2,1-3H3/t14?,15-,16+,18+,20+,22+,23+,24+/m1/s1. The van der Waals surface area contributed by atoms with Gasteiger partial charge in [-0.05, 0) is 61.7 Å². The number of allylic oxidation sites excluding steroid dienone is 4. The summed E-state index contributed by atoms with van der Waals surface area (Å²) in [6, 6.07) is 0. The number of hydrogen-bond acceptors (Lipinski definition) is 5. The molecule has 0 heterocycles. The van der Waals surface area contributed by atoms with Crippen LogP contribution in [0.1, 0.15) is 52.9 Å². The van der Waals surface area contributed by atoms with E-state index < -0.39 is 46.6 Å². The van der Waals surface area contributed by atoms with Gasteiger partial charge in [0.1, 0.15) is 12.8 Å². The summed E-state index contributed by atoms with van der Waals surface area (Å²) in [6.07, 6.45) is 2.09. The highest BCUT2D eigenvalue weighted by Gasteiger charge is 2.72. The summed E-state index contributed by atoms with van der Waals surface area (Å²) in [6.45, 7) is 4.75. The van der Waals surface area contributed by atoms with Crippen LogP contribution in [-0.4, -0.2) is 47.2 Å². The van der Waals surface area contributed by atoms with E-state index in [9.17, 15) is 19.5 Å². The van der Waals surface area contributed by atoms with Crippen molar-refractivity contribution in [2.75, 3.05) is 6.61 Å². The second-order valence-corrected chi connectivity index (χ2v) is 10.1.